The van der Waals surface area contributed by atoms with E-state index in [-0.39, 0.29) is 12.5 Å². The molecule has 0 saturated carbocycles. The van der Waals surface area contributed by atoms with Crippen molar-refractivity contribution < 1.29 is 14.3 Å². The van der Waals surface area contributed by atoms with Crippen LogP contribution in [0.1, 0.15) is 23.0 Å². The lowest BCUT2D eigenvalue weighted by Gasteiger charge is -2.21. The van der Waals surface area contributed by atoms with Gasteiger partial charge in [-0.05, 0) is 25.1 Å². The van der Waals surface area contributed by atoms with E-state index < -0.39 is 5.60 Å². The molecule has 2 N–H and O–H groups in total. The zero-order valence-corrected chi connectivity index (χ0v) is 12.3. The van der Waals surface area contributed by atoms with Crippen molar-refractivity contribution in [2.75, 3.05) is 6.54 Å². The van der Waals surface area contributed by atoms with Gasteiger partial charge in [-0.1, -0.05) is 0 Å². The molecule has 0 fully saturated rings. The van der Waals surface area contributed by atoms with Gasteiger partial charge >= 0.3 is 0 Å². The molecule has 0 radical (unpaired) electrons. The Balaban J connectivity index is 1.73. The summed E-state index contributed by atoms with van der Waals surface area (Å²) in [6.45, 7) is 1.60. The molecule has 114 valence electrons. The summed E-state index contributed by atoms with van der Waals surface area (Å²) in [5.74, 6) is 0.0676. The highest BCUT2D eigenvalue weighted by molar-refractivity contribution is 5.96. The number of fused-ring (bicyclic) bond motifs is 1. The molecule has 1 unspecified atom stereocenters. The number of carbonyl (C=O) groups is 1. The molecular weight excluding hydrogens is 284 g/mol. The predicted octanol–water partition coefficient (Wildman–Crippen LogP) is 1.20. The molecule has 0 aromatic carbocycles. The van der Waals surface area contributed by atoms with Crippen molar-refractivity contribution >= 4 is 17.1 Å². The van der Waals surface area contributed by atoms with E-state index >= 15 is 0 Å². The lowest BCUT2D eigenvalue weighted by Crippen LogP contribution is -2.38. The van der Waals surface area contributed by atoms with Crippen LogP contribution < -0.4 is 5.32 Å². The van der Waals surface area contributed by atoms with Gasteiger partial charge in [0.05, 0.1) is 24.7 Å². The van der Waals surface area contributed by atoms with Gasteiger partial charge in [0.25, 0.3) is 5.91 Å². The van der Waals surface area contributed by atoms with Crippen molar-refractivity contribution in [3.8, 4) is 0 Å². The fourth-order valence-electron chi connectivity index (χ4n) is 2.17. The van der Waals surface area contributed by atoms with Gasteiger partial charge in [0.2, 0.25) is 0 Å². The van der Waals surface area contributed by atoms with E-state index in [1.807, 2.05) is 7.05 Å². The minimum atomic E-state index is -1.28. The molecule has 3 aromatic heterocycles. The molecule has 1 atom stereocenters. The Morgan fingerprint density at radius 3 is 3.05 bits per heavy atom. The number of furan rings is 1. The third kappa shape index (κ3) is 2.58. The van der Waals surface area contributed by atoms with Crippen molar-refractivity contribution in [1.82, 2.24) is 19.9 Å². The van der Waals surface area contributed by atoms with Gasteiger partial charge in [-0.2, -0.15) is 0 Å². The van der Waals surface area contributed by atoms with Crippen molar-refractivity contribution in [1.29, 1.82) is 0 Å². The van der Waals surface area contributed by atoms with Crippen LogP contribution in [0, 0.1) is 0 Å². The predicted molar refractivity (Wildman–Crippen MR) is 79.1 cm³/mol. The number of amides is 1. The van der Waals surface area contributed by atoms with E-state index in [1.165, 1.54) is 12.5 Å². The largest absolute Gasteiger partial charge is 0.466 e. The highest BCUT2D eigenvalue weighted by Gasteiger charge is 2.27. The third-order valence-corrected chi connectivity index (χ3v) is 3.46. The molecule has 0 aliphatic heterocycles. The van der Waals surface area contributed by atoms with Gasteiger partial charge in [0.15, 0.2) is 5.65 Å². The van der Waals surface area contributed by atoms with E-state index in [0.717, 1.165) is 0 Å². The SMILES string of the molecule is Cn1cnc2cc(C(=O)NCC(C)(O)c3ccco3)cnc21. The number of hydrogen-bond donors (Lipinski definition) is 2. The van der Waals surface area contributed by atoms with Crippen LogP contribution in [-0.4, -0.2) is 32.1 Å². The average molecular weight is 300 g/mol. The maximum atomic E-state index is 12.2. The second kappa shape index (κ2) is 5.27. The summed E-state index contributed by atoms with van der Waals surface area (Å²) >= 11 is 0. The van der Waals surface area contributed by atoms with Crippen LogP contribution >= 0.6 is 0 Å². The number of nitrogens with one attached hydrogen (secondary N) is 1. The van der Waals surface area contributed by atoms with Gasteiger partial charge in [0.1, 0.15) is 16.9 Å². The summed E-state index contributed by atoms with van der Waals surface area (Å²) in [6, 6.07) is 5.01. The number of imidazole rings is 1. The number of rotatable bonds is 4. The second-order valence-corrected chi connectivity index (χ2v) is 5.36. The van der Waals surface area contributed by atoms with Crippen LogP contribution in [0.15, 0.2) is 41.4 Å². The molecule has 0 bridgehead atoms. The fourth-order valence-corrected chi connectivity index (χ4v) is 2.17. The Bertz CT molecular complexity index is 805. The van der Waals surface area contributed by atoms with E-state index in [1.54, 1.807) is 36.0 Å². The molecule has 7 nitrogen and oxygen atoms in total. The summed E-state index contributed by atoms with van der Waals surface area (Å²) in [5, 5.41) is 13.0. The number of aryl methyl sites for hydroxylation is 1. The van der Waals surface area contributed by atoms with Gasteiger partial charge < -0.3 is 19.4 Å². The van der Waals surface area contributed by atoms with Crippen molar-refractivity contribution in [2.24, 2.45) is 7.05 Å². The Labute approximate surface area is 126 Å². The average Bonchev–Trinajstić information content (AvgIpc) is 3.15. The van der Waals surface area contributed by atoms with E-state index in [2.05, 4.69) is 15.3 Å². The Hall–Kier alpha value is -2.67. The Morgan fingerprint density at radius 2 is 2.32 bits per heavy atom. The molecule has 0 aliphatic rings. The Morgan fingerprint density at radius 1 is 1.50 bits per heavy atom. The molecule has 0 aliphatic carbocycles. The zero-order valence-electron chi connectivity index (χ0n) is 12.3. The molecule has 22 heavy (non-hydrogen) atoms. The van der Waals surface area contributed by atoms with Crippen molar-refractivity contribution in [3.63, 3.8) is 0 Å². The Kier molecular flexibility index (Phi) is 3.42. The monoisotopic (exact) mass is 300 g/mol. The molecule has 3 heterocycles. The molecule has 3 rings (SSSR count). The summed E-state index contributed by atoms with van der Waals surface area (Å²) in [6.07, 6.45) is 4.60. The van der Waals surface area contributed by atoms with Gasteiger partial charge in [-0.25, -0.2) is 9.97 Å². The van der Waals surface area contributed by atoms with Crippen LogP contribution in [0.25, 0.3) is 11.2 Å². The van der Waals surface area contributed by atoms with Crippen molar-refractivity contribution in [3.05, 3.63) is 48.3 Å². The number of hydrogen-bond acceptors (Lipinski definition) is 5. The number of carbonyl (C=O) groups excluding carboxylic acids is 1. The van der Waals surface area contributed by atoms with E-state index in [0.29, 0.717) is 22.5 Å². The van der Waals surface area contributed by atoms with Gasteiger partial charge in [-0.3, -0.25) is 4.79 Å². The quantitative estimate of drug-likeness (QED) is 0.755. The number of aliphatic hydroxyl groups is 1. The van der Waals surface area contributed by atoms with Crippen LogP contribution in [0.3, 0.4) is 0 Å². The summed E-state index contributed by atoms with van der Waals surface area (Å²) in [5.41, 5.74) is 0.468. The minimum Gasteiger partial charge on any atom is -0.466 e. The smallest absolute Gasteiger partial charge is 0.253 e. The first-order valence-electron chi connectivity index (χ1n) is 6.79. The number of nitrogens with zero attached hydrogens (tertiary/aromatic N) is 3. The molecule has 7 heteroatoms. The standard InChI is InChI=1S/C15H16N4O3/c1-15(21,12-4-3-5-22-12)8-17-14(20)10-6-11-13(16-7-10)19(2)9-18-11/h3-7,9,21H,8H2,1-2H3,(H,17,20). The molecule has 0 spiro atoms. The first-order valence-corrected chi connectivity index (χ1v) is 6.79. The maximum absolute atomic E-state index is 12.2. The van der Waals surface area contributed by atoms with Gasteiger partial charge in [-0.15, -0.1) is 0 Å². The normalized spacial score (nSPS) is 14.0. The highest BCUT2D eigenvalue weighted by atomic mass is 16.4. The fraction of sp³-hybridized carbons (Fsp3) is 0.267. The van der Waals surface area contributed by atoms with E-state index in [4.69, 9.17) is 4.42 Å². The third-order valence-electron chi connectivity index (χ3n) is 3.46. The number of pyridine rings is 1. The number of aromatic nitrogens is 3. The molecule has 1 amide bonds. The summed E-state index contributed by atoms with van der Waals surface area (Å²) < 4.78 is 6.95. The topological polar surface area (TPSA) is 93.2 Å². The first-order chi connectivity index (χ1) is 10.5. The van der Waals surface area contributed by atoms with Crippen LogP contribution in [-0.2, 0) is 12.6 Å². The summed E-state index contributed by atoms with van der Waals surface area (Å²) in [7, 11) is 1.84. The zero-order chi connectivity index (χ0) is 15.7. The van der Waals surface area contributed by atoms with Crippen LogP contribution in [0.2, 0.25) is 0 Å². The molecule has 0 saturated heterocycles. The molecule has 3 aromatic rings. The van der Waals surface area contributed by atoms with Crippen LogP contribution in [0.5, 0.6) is 0 Å². The minimum absolute atomic E-state index is 0.0274. The molecular formula is C15H16N4O3. The van der Waals surface area contributed by atoms with E-state index in [9.17, 15) is 9.90 Å². The van der Waals surface area contributed by atoms with Crippen molar-refractivity contribution in [2.45, 2.75) is 12.5 Å². The highest BCUT2D eigenvalue weighted by Crippen LogP contribution is 2.20. The summed E-state index contributed by atoms with van der Waals surface area (Å²) in [4.78, 5) is 20.6. The second-order valence-electron chi connectivity index (χ2n) is 5.36. The lowest BCUT2D eigenvalue weighted by atomic mass is 10.0. The lowest BCUT2D eigenvalue weighted by molar-refractivity contribution is 0.0330. The van der Waals surface area contributed by atoms with Crippen LogP contribution in [0.4, 0.5) is 0 Å². The maximum Gasteiger partial charge on any atom is 0.253 e. The van der Waals surface area contributed by atoms with Gasteiger partial charge in [0, 0.05) is 13.2 Å². The first kappa shape index (κ1) is 14.3.